The Kier molecular flexibility index (Phi) is 6.53. The van der Waals surface area contributed by atoms with Crippen LogP contribution in [0.4, 0.5) is 0 Å². The van der Waals surface area contributed by atoms with Crippen molar-refractivity contribution in [2.24, 2.45) is 0 Å². The zero-order valence-electron chi connectivity index (χ0n) is 9.05. The maximum absolute atomic E-state index is 3.49. The van der Waals surface area contributed by atoms with E-state index in [-0.39, 0.29) is 0 Å². The average Bonchev–Trinajstić information content (AvgIpc) is 2.18. The minimum atomic E-state index is 1.03. The SMILES string of the molecule is CN(CCCCBr)Cc1cccc(Br)c1. The first-order chi connectivity index (χ1) is 7.22. The molecular formula is C12H17Br2N. The van der Waals surface area contributed by atoms with Crippen molar-refractivity contribution in [2.75, 3.05) is 18.9 Å². The van der Waals surface area contributed by atoms with E-state index in [1.54, 1.807) is 0 Å². The van der Waals surface area contributed by atoms with Crippen LogP contribution >= 0.6 is 31.9 Å². The van der Waals surface area contributed by atoms with E-state index in [1.807, 2.05) is 0 Å². The zero-order chi connectivity index (χ0) is 11.1. The molecule has 0 bridgehead atoms. The molecule has 0 fully saturated rings. The smallest absolute Gasteiger partial charge is 0.0231 e. The van der Waals surface area contributed by atoms with Gasteiger partial charge < -0.3 is 4.90 Å². The number of hydrogen-bond acceptors (Lipinski definition) is 1. The summed E-state index contributed by atoms with van der Waals surface area (Å²) in [6.07, 6.45) is 2.51. The quantitative estimate of drug-likeness (QED) is 0.560. The maximum atomic E-state index is 3.49. The minimum absolute atomic E-state index is 1.03. The van der Waals surface area contributed by atoms with Gasteiger partial charge in [0.15, 0.2) is 0 Å². The van der Waals surface area contributed by atoms with Crippen LogP contribution in [0.2, 0.25) is 0 Å². The van der Waals surface area contributed by atoms with Gasteiger partial charge in [-0.1, -0.05) is 44.0 Å². The number of alkyl halides is 1. The van der Waals surface area contributed by atoms with E-state index in [1.165, 1.54) is 18.4 Å². The molecule has 0 saturated carbocycles. The Hall–Kier alpha value is 0.140. The van der Waals surface area contributed by atoms with Crippen LogP contribution in [0, 0.1) is 0 Å². The van der Waals surface area contributed by atoms with Gasteiger partial charge in [0.2, 0.25) is 0 Å². The number of hydrogen-bond donors (Lipinski definition) is 0. The van der Waals surface area contributed by atoms with Crippen molar-refractivity contribution in [3.8, 4) is 0 Å². The van der Waals surface area contributed by atoms with Gasteiger partial charge in [0.25, 0.3) is 0 Å². The summed E-state index contributed by atoms with van der Waals surface area (Å²) in [5.74, 6) is 0. The molecule has 0 amide bonds. The number of halogens is 2. The topological polar surface area (TPSA) is 3.24 Å². The molecule has 0 aliphatic heterocycles. The van der Waals surface area contributed by atoms with Crippen molar-refractivity contribution in [2.45, 2.75) is 19.4 Å². The fourth-order valence-electron chi connectivity index (χ4n) is 1.50. The Morgan fingerprint density at radius 2 is 2.07 bits per heavy atom. The summed E-state index contributed by atoms with van der Waals surface area (Å²) < 4.78 is 1.16. The molecule has 0 unspecified atom stereocenters. The predicted octanol–water partition coefficient (Wildman–Crippen LogP) is 4.06. The molecule has 0 saturated heterocycles. The second kappa shape index (κ2) is 7.42. The first kappa shape index (κ1) is 13.2. The normalized spacial score (nSPS) is 10.9. The van der Waals surface area contributed by atoms with Gasteiger partial charge in [-0.15, -0.1) is 0 Å². The molecule has 0 atom stereocenters. The molecule has 0 aromatic heterocycles. The lowest BCUT2D eigenvalue weighted by atomic mass is 10.2. The van der Waals surface area contributed by atoms with Gasteiger partial charge >= 0.3 is 0 Å². The summed E-state index contributed by atoms with van der Waals surface area (Å²) in [4.78, 5) is 2.37. The molecular weight excluding hydrogens is 318 g/mol. The molecule has 0 heterocycles. The maximum Gasteiger partial charge on any atom is 0.0231 e. The first-order valence-corrected chi connectivity index (χ1v) is 7.13. The average molecular weight is 335 g/mol. The van der Waals surface area contributed by atoms with Crippen molar-refractivity contribution in [3.63, 3.8) is 0 Å². The van der Waals surface area contributed by atoms with Crippen molar-refractivity contribution in [1.82, 2.24) is 4.90 Å². The highest BCUT2D eigenvalue weighted by molar-refractivity contribution is 9.10. The lowest BCUT2D eigenvalue weighted by molar-refractivity contribution is 0.321. The van der Waals surface area contributed by atoms with Gasteiger partial charge in [0.1, 0.15) is 0 Å². The molecule has 1 rings (SSSR count). The number of rotatable bonds is 6. The molecule has 0 N–H and O–H groups in total. The Morgan fingerprint density at radius 1 is 1.27 bits per heavy atom. The molecule has 1 nitrogen and oxygen atoms in total. The lowest BCUT2D eigenvalue weighted by Crippen LogP contribution is -2.19. The van der Waals surface area contributed by atoms with Crippen LogP contribution in [-0.2, 0) is 6.54 Å². The van der Waals surface area contributed by atoms with Crippen molar-refractivity contribution >= 4 is 31.9 Å². The summed E-state index contributed by atoms with van der Waals surface area (Å²) in [5.41, 5.74) is 1.37. The van der Waals surface area contributed by atoms with Crippen LogP contribution in [0.3, 0.4) is 0 Å². The van der Waals surface area contributed by atoms with E-state index in [2.05, 4.69) is 68.1 Å². The lowest BCUT2D eigenvalue weighted by Gasteiger charge is -2.16. The van der Waals surface area contributed by atoms with Crippen LogP contribution in [0.5, 0.6) is 0 Å². The van der Waals surface area contributed by atoms with Crippen molar-refractivity contribution in [1.29, 1.82) is 0 Å². The highest BCUT2D eigenvalue weighted by Gasteiger charge is 2.00. The third-order valence-corrected chi connectivity index (χ3v) is 3.32. The van der Waals surface area contributed by atoms with E-state index < -0.39 is 0 Å². The highest BCUT2D eigenvalue weighted by Crippen LogP contribution is 2.13. The third kappa shape index (κ3) is 5.69. The van der Waals surface area contributed by atoms with Crippen LogP contribution in [-0.4, -0.2) is 23.8 Å². The molecule has 0 radical (unpaired) electrons. The van der Waals surface area contributed by atoms with Gasteiger partial charge in [-0.2, -0.15) is 0 Å². The predicted molar refractivity (Wildman–Crippen MR) is 73.5 cm³/mol. The number of unbranched alkanes of at least 4 members (excludes halogenated alkanes) is 1. The van der Waals surface area contributed by atoms with E-state index in [0.29, 0.717) is 0 Å². The summed E-state index contributed by atoms with van der Waals surface area (Å²) in [6, 6.07) is 8.51. The third-order valence-electron chi connectivity index (χ3n) is 2.26. The molecule has 1 aromatic rings. The van der Waals surface area contributed by atoms with E-state index in [4.69, 9.17) is 0 Å². The van der Waals surface area contributed by atoms with Gasteiger partial charge in [-0.3, -0.25) is 0 Å². The van der Waals surface area contributed by atoms with E-state index >= 15 is 0 Å². The molecule has 84 valence electrons. The van der Waals surface area contributed by atoms with Crippen LogP contribution in [0.1, 0.15) is 18.4 Å². The summed E-state index contributed by atoms with van der Waals surface area (Å²) in [7, 11) is 2.18. The molecule has 0 aliphatic rings. The fraction of sp³-hybridized carbons (Fsp3) is 0.500. The van der Waals surface area contributed by atoms with Crippen molar-refractivity contribution < 1.29 is 0 Å². The highest BCUT2D eigenvalue weighted by atomic mass is 79.9. The Labute approximate surface area is 109 Å². The zero-order valence-corrected chi connectivity index (χ0v) is 12.2. The molecule has 0 aliphatic carbocycles. The molecule has 1 aromatic carbocycles. The number of nitrogens with zero attached hydrogens (tertiary/aromatic N) is 1. The second-order valence-corrected chi connectivity index (χ2v) is 5.47. The van der Waals surface area contributed by atoms with E-state index in [0.717, 1.165) is 22.9 Å². The van der Waals surface area contributed by atoms with Gasteiger partial charge in [0, 0.05) is 16.3 Å². The standard InChI is InChI=1S/C12H17Br2N/c1-15(8-3-2-7-13)10-11-5-4-6-12(14)9-11/h4-6,9H,2-3,7-8,10H2,1H3. The monoisotopic (exact) mass is 333 g/mol. The summed E-state index contributed by atoms with van der Waals surface area (Å²) >= 11 is 6.94. The second-order valence-electron chi connectivity index (χ2n) is 3.76. The molecule has 0 spiro atoms. The summed E-state index contributed by atoms with van der Waals surface area (Å²) in [5, 5.41) is 1.11. The Bertz CT molecular complexity index is 289. The fourth-order valence-corrected chi connectivity index (χ4v) is 2.35. The molecule has 3 heteroatoms. The Morgan fingerprint density at radius 3 is 2.73 bits per heavy atom. The first-order valence-electron chi connectivity index (χ1n) is 5.21. The number of benzene rings is 1. The largest absolute Gasteiger partial charge is 0.302 e. The van der Waals surface area contributed by atoms with Crippen LogP contribution in [0.25, 0.3) is 0 Å². The van der Waals surface area contributed by atoms with E-state index in [9.17, 15) is 0 Å². The molecule has 15 heavy (non-hydrogen) atoms. The minimum Gasteiger partial charge on any atom is -0.302 e. The van der Waals surface area contributed by atoms with Gasteiger partial charge in [0.05, 0.1) is 0 Å². The van der Waals surface area contributed by atoms with Crippen LogP contribution < -0.4 is 0 Å². The van der Waals surface area contributed by atoms with Gasteiger partial charge in [-0.25, -0.2) is 0 Å². The summed E-state index contributed by atoms with van der Waals surface area (Å²) in [6.45, 7) is 2.19. The van der Waals surface area contributed by atoms with Crippen molar-refractivity contribution in [3.05, 3.63) is 34.3 Å². The Balaban J connectivity index is 2.34. The van der Waals surface area contributed by atoms with Crippen LogP contribution in [0.15, 0.2) is 28.7 Å². The van der Waals surface area contributed by atoms with Gasteiger partial charge in [-0.05, 0) is 44.1 Å².